The molecule has 2 heteroatoms. The highest BCUT2D eigenvalue weighted by atomic mass is 15.3. The van der Waals surface area contributed by atoms with E-state index in [4.69, 9.17) is 0 Å². The van der Waals surface area contributed by atoms with Gasteiger partial charge in [0.15, 0.2) is 0 Å². The first-order valence-electron chi connectivity index (χ1n) is 6.60. The Bertz CT molecular complexity index is 139. The molecule has 0 fully saturated rings. The molecule has 0 aliphatic carbocycles. The van der Waals surface area contributed by atoms with E-state index >= 15 is 0 Å². The molecular formula is C13H31N2+. The van der Waals surface area contributed by atoms with Crippen LogP contribution in [0.4, 0.5) is 0 Å². The summed E-state index contributed by atoms with van der Waals surface area (Å²) in [6, 6.07) is 0. The number of rotatable bonds is 9. The van der Waals surface area contributed by atoms with Crippen molar-refractivity contribution in [1.29, 1.82) is 0 Å². The summed E-state index contributed by atoms with van der Waals surface area (Å²) < 4.78 is 1.32. The van der Waals surface area contributed by atoms with Crippen LogP contribution in [0, 0.1) is 0 Å². The zero-order valence-electron chi connectivity index (χ0n) is 11.6. The highest BCUT2D eigenvalue weighted by molar-refractivity contribution is 4.47. The summed E-state index contributed by atoms with van der Waals surface area (Å²) >= 11 is 0. The summed E-state index contributed by atoms with van der Waals surface area (Å²) in [5.41, 5.74) is 0. The molecule has 2 nitrogen and oxygen atoms in total. The van der Waals surface area contributed by atoms with E-state index in [0.29, 0.717) is 0 Å². The average molecular weight is 215 g/mol. The number of hydrogen-bond acceptors (Lipinski definition) is 1. The van der Waals surface area contributed by atoms with Crippen molar-refractivity contribution in [1.82, 2.24) is 4.90 Å². The Kier molecular flexibility index (Phi) is 8.07. The standard InChI is InChI=1S/C13H31N2/c1-6-9-12-15(7-2,8-3)13-10-11-14(4)5/h6-13H2,1-5H3/q+1. The van der Waals surface area contributed by atoms with E-state index in [0.717, 1.165) is 0 Å². The maximum atomic E-state index is 2.34. The third-order valence-corrected chi connectivity index (χ3v) is 3.57. The Morgan fingerprint density at radius 2 is 1.40 bits per heavy atom. The molecule has 0 rings (SSSR count). The first kappa shape index (κ1) is 14.9. The van der Waals surface area contributed by atoms with Gasteiger partial charge in [0.25, 0.3) is 0 Å². The Labute approximate surface area is 96.8 Å². The summed E-state index contributed by atoms with van der Waals surface area (Å²) in [7, 11) is 4.33. The SMILES string of the molecule is CCCC[N+](CC)(CC)CCCN(C)C. The Hall–Kier alpha value is -0.0800. The average Bonchev–Trinajstić information content (AvgIpc) is 2.23. The van der Waals surface area contributed by atoms with Gasteiger partial charge in [-0.1, -0.05) is 13.3 Å². The van der Waals surface area contributed by atoms with Crippen molar-refractivity contribution in [3.05, 3.63) is 0 Å². The van der Waals surface area contributed by atoms with Crippen LogP contribution in [0.1, 0.15) is 40.0 Å². The minimum Gasteiger partial charge on any atom is -0.324 e. The quantitative estimate of drug-likeness (QED) is 0.534. The molecule has 0 atom stereocenters. The molecule has 92 valence electrons. The maximum Gasteiger partial charge on any atom is 0.0798 e. The van der Waals surface area contributed by atoms with E-state index < -0.39 is 0 Å². The van der Waals surface area contributed by atoms with Crippen LogP contribution in [-0.2, 0) is 0 Å². The van der Waals surface area contributed by atoms with Crippen molar-refractivity contribution in [2.45, 2.75) is 40.0 Å². The zero-order chi connectivity index (χ0) is 11.7. The fourth-order valence-corrected chi connectivity index (χ4v) is 2.18. The van der Waals surface area contributed by atoms with Crippen LogP contribution in [-0.4, -0.2) is 56.2 Å². The minimum absolute atomic E-state index is 1.23. The van der Waals surface area contributed by atoms with Gasteiger partial charge in [-0.15, -0.1) is 0 Å². The van der Waals surface area contributed by atoms with Crippen molar-refractivity contribution in [2.24, 2.45) is 0 Å². The molecule has 0 saturated heterocycles. The molecule has 0 heterocycles. The Morgan fingerprint density at radius 1 is 0.867 bits per heavy atom. The zero-order valence-corrected chi connectivity index (χ0v) is 11.6. The maximum absolute atomic E-state index is 2.34. The molecule has 15 heavy (non-hydrogen) atoms. The smallest absolute Gasteiger partial charge is 0.0798 e. The molecule has 0 N–H and O–H groups in total. The largest absolute Gasteiger partial charge is 0.324 e. The second kappa shape index (κ2) is 8.12. The molecule has 0 bridgehead atoms. The van der Waals surface area contributed by atoms with Gasteiger partial charge in [-0.05, 0) is 34.4 Å². The fraction of sp³-hybridized carbons (Fsp3) is 1.00. The molecule has 0 radical (unpaired) electrons. The normalized spacial score (nSPS) is 12.4. The van der Waals surface area contributed by atoms with E-state index in [1.54, 1.807) is 0 Å². The van der Waals surface area contributed by atoms with Gasteiger partial charge in [0.1, 0.15) is 0 Å². The van der Waals surface area contributed by atoms with E-state index in [9.17, 15) is 0 Å². The van der Waals surface area contributed by atoms with Crippen LogP contribution in [0.5, 0.6) is 0 Å². The highest BCUT2D eigenvalue weighted by Crippen LogP contribution is 2.10. The first-order valence-corrected chi connectivity index (χ1v) is 6.60. The molecule has 0 aliphatic heterocycles. The number of unbranched alkanes of at least 4 members (excludes halogenated alkanes) is 1. The molecule has 0 aliphatic rings. The lowest BCUT2D eigenvalue weighted by atomic mass is 10.2. The van der Waals surface area contributed by atoms with E-state index in [1.165, 1.54) is 56.5 Å². The van der Waals surface area contributed by atoms with Crippen molar-refractivity contribution in [3.8, 4) is 0 Å². The van der Waals surface area contributed by atoms with Crippen LogP contribution < -0.4 is 0 Å². The topological polar surface area (TPSA) is 3.24 Å². The van der Waals surface area contributed by atoms with E-state index in [2.05, 4.69) is 39.8 Å². The highest BCUT2D eigenvalue weighted by Gasteiger charge is 2.21. The van der Waals surface area contributed by atoms with Crippen molar-refractivity contribution in [3.63, 3.8) is 0 Å². The summed E-state index contributed by atoms with van der Waals surface area (Å²) in [5.74, 6) is 0. The Morgan fingerprint density at radius 3 is 1.80 bits per heavy atom. The van der Waals surface area contributed by atoms with Gasteiger partial charge in [0.2, 0.25) is 0 Å². The van der Waals surface area contributed by atoms with Crippen molar-refractivity contribution < 1.29 is 4.48 Å². The summed E-state index contributed by atoms with van der Waals surface area (Å²) in [6.45, 7) is 13.5. The van der Waals surface area contributed by atoms with E-state index in [-0.39, 0.29) is 0 Å². The van der Waals surface area contributed by atoms with Gasteiger partial charge in [-0.3, -0.25) is 0 Å². The van der Waals surface area contributed by atoms with Gasteiger partial charge >= 0.3 is 0 Å². The first-order chi connectivity index (χ1) is 7.10. The second-order valence-corrected chi connectivity index (χ2v) is 4.93. The van der Waals surface area contributed by atoms with Crippen LogP contribution in [0.25, 0.3) is 0 Å². The van der Waals surface area contributed by atoms with Crippen molar-refractivity contribution >= 4 is 0 Å². The molecule has 0 unspecified atom stereocenters. The number of hydrogen-bond donors (Lipinski definition) is 0. The van der Waals surface area contributed by atoms with Crippen molar-refractivity contribution in [2.75, 3.05) is 46.8 Å². The predicted octanol–water partition coefficient (Wildman–Crippen LogP) is 2.59. The van der Waals surface area contributed by atoms with E-state index in [1.807, 2.05) is 0 Å². The molecule has 0 amide bonds. The van der Waals surface area contributed by atoms with Crippen LogP contribution >= 0.6 is 0 Å². The lowest BCUT2D eigenvalue weighted by molar-refractivity contribution is -0.925. The third kappa shape index (κ3) is 6.16. The summed E-state index contributed by atoms with van der Waals surface area (Å²) in [5, 5.41) is 0. The Balaban J connectivity index is 3.99. The second-order valence-electron chi connectivity index (χ2n) is 4.93. The van der Waals surface area contributed by atoms with Gasteiger partial charge in [0.05, 0.1) is 26.2 Å². The monoisotopic (exact) mass is 215 g/mol. The number of nitrogens with zero attached hydrogens (tertiary/aromatic N) is 2. The van der Waals surface area contributed by atoms with Gasteiger partial charge in [-0.2, -0.15) is 0 Å². The molecular weight excluding hydrogens is 184 g/mol. The lowest BCUT2D eigenvalue weighted by Gasteiger charge is -2.37. The third-order valence-electron chi connectivity index (χ3n) is 3.57. The van der Waals surface area contributed by atoms with Gasteiger partial charge in [-0.25, -0.2) is 0 Å². The molecule has 0 aromatic heterocycles. The molecule has 0 saturated carbocycles. The molecule has 0 spiro atoms. The minimum atomic E-state index is 1.23. The van der Waals surface area contributed by atoms with Gasteiger partial charge < -0.3 is 9.38 Å². The molecule has 0 aromatic rings. The predicted molar refractivity (Wildman–Crippen MR) is 69.2 cm³/mol. The van der Waals surface area contributed by atoms with Crippen LogP contribution in [0.15, 0.2) is 0 Å². The number of quaternary nitrogens is 1. The molecule has 0 aromatic carbocycles. The van der Waals surface area contributed by atoms with Crippen LogP contribution in [0.2, 0.25) is 0 Å². The lowest BCUT2D eigenvalue weighted by Crippen LogP contribution is -2.49. The summed E-state index contributed by atoms with van der Waals surface area (Å²) in [6.07, 6.45) is 4.04. The fourth-order valence-electron chi connectivity index (χ4n) is 2.18. The summed E-state index contributed by atoms with van der Waals surface area (Å²) in [4.78, 5) is 2.29. The van der Waals surface area contributed by atoms with Gasteiger partial charge in [0, 0.05) is 13.0 Å². The van der Waals surface area contributed by atoms with Crippen LogP contribution in [0.3, 0.4) is 0 Å².